The standard InChI is InChI=1S/C16H20BrNO4/c1-5-18(8-10(2)3)14(19)9-22-16(21)12-6-11(4)7-13(17)15(12)20/h6-7,20H,2,5,8-9H2,1,3-4H3. The van der Waals surface area contributed by atoms with Crippen LogP contribution in [-0.4, -0.2) is 41.6 Å². The summed E-state index contributed by atoms with van der Waals surface area (Å²) in [6, 6.07) is 3.20. The van der Waals surface area contributed by atoms with Crippen LogP contribution in [-0.2, 0) is 9.53 Å². The Morgan fingerprint density at radius 3 is 2.59 bits per heavy atom. The molecule has 0 saturated heterocycles. The minimum absolute atomic E-state index is 0.0302. The number of hydrogen-bond acceptors (Lipinski definition) is 4. The van der Waals surface area contributed by atoms with Crippen molar-refractivity contribution in [2.75, 3.05) is 19.7 Å². The Hall–Kier alpha value is -1.82. The number of carbonyl (C=O) groups is 2. The van der Waals surface area contributed by atoms with Crippen molar-refractivity contribution in [3.8, 4) is 5.75 Å². The van der Waals surface area contributed by atoms with E-state index in [2.05, 4.69) is 22.5 Å². The van der Waals surface area contributed by atoms with Crippen LogP contribution in [0.15, 0.2) is 28.8 Å². The molecule has 1 amide bonds. The summed E-state index contributed by atoms with van der Waals surface area (Å²) in [5.74, 6) is -1.23. The smallest absolute Gasteiger partial charge is 0.342 e. The Labute approximate surface area is 138 Å². The van der Waals surface area contributed by atoms with Gasteiger partial charge in [-0.05, 0) is 54.4 Å². The molecule has 1 aromatic carbocycles. The molecule has 0 heterocycles. The first kappa shape index (κ1) is 18.2. The molecule has 1 N–H and O–H groups in total. The van der Waals surface area contributed by atoms with Crippen LogP contribution in [0, 0.1) is 6.92 Å². The highest BCUT2D eigenvalue weighted by atomic mass is 79.9. The highest BCUT2D eigenvalue weighted by molar-refractivity contribution is 9.10. The quantitative estimate of drug-likeness (QED) is 0.618. The van der Waals surface area contributed by atoms with Crippen molar-refractivity contribution in [1.82, 2.24) is 4.90 Å². The lowest BCUT2D eigenvalue weighted by Gasteiger charge is -2.20. The fourth-order valence-electron chi connectivity index (χ4n) is 1.89. The number of esters is 1. The monoisotopic (exact) mass is 369 g/mol. The second kappa shape index (κ2) is 7.98. The molecule has 22 heavy (non-hydrogen) atoms. The molecule has 0 aromatic heterocycles. The summed E-state index contributed by atoms with van der Waals surface area (Å²) in [4.78, 5) is 25.6. The van der Waals surface area contributed by atoms with E-state index in [-0.39, 0.29) is 23.8 Å². The predicted octanol–water partition coefficient (Wildman–Crippen LogP) is 3.04. The lowest BCUT2D eigenvalue weighted by atomic mass is 10.1. The van der Waals surface area contributed by atoms with Gasteiger partial charge >= 0.3 is 5.97 Å². The van der Waals surface area contributed by atoms with Crippen molar-refractivity contribution in [3.05, 3.63) is 39.9 Å². The van der Waals surface area contributed by atoms with Crippen molar-refractivity contribution in [1.29, 1.82) is 0 Å². The number of amides is 1. The normalized spacial score (nSPS) is 10.2. The molecule has 0 bridgehead atoms. The van der Waals surface area contributed by atoms with Crippen LogP contribution in [0.1, 0.15) is 29.8 Å². The van der Waals surface area contributed by atoms with Gasteiger partial charge in [-0.1, -0.05) is 12.2 Å². The van der Waals surface area contributed by atoms with Gasteiger partial charge in [-0.2, -0.15) is 0 Å². The third-order valence-electron chi connectivity index (χ3n) is 2.95. The first-order chi connectivity index (χ1) is 10.3. The molecule has 1 aromatic rings. The summed E-state index contributed by atoms with van der Waals surface area (Å²) >= 11 is 3.16. The molecular weight excluding hydrogens is 350 g/mol. The van der Waals surface area contributed by atoms with Gasteiger partial charge < -0.3 is 14.7 Å². The predicted molar refractivity (Wildman–Crippen MR) is 87.9 cm³/mol. The van der Waals surface area contributed by atoms with E-state index in [1.54, 1.807) is 17.9 Å². The summed E-state index contributed by atoms with van der Waals surface area (Å²) in [5, 5.41) is 9.88. The fraction of sp³-hybridized carbons (Fsp3) is 0.375. The summed E-state index contributed by atoms with van der Waals surface area (Å²) in [6.07, 6.45) is 0. The average Bonchev–Trinajstić information content (AvgIpc) is 2.45. The highest BCUT2D eigenvalue weighted by Gasteiger charge is 2.19. The number of aromatic hydroxyl groups is 1. The number of ether oxygens (including phenoxy) is 1. The van der Waals surface area contributed by atoms with E-state index in [4.69, 9.17) is 4.74 Å². The zero-order chi connectivity index (χ0) is 16.9. The third-order valence-corrected chi connectivity index (χ3v) is 3.55. The molecular formula is C16H20BrNO4. The number of phenols is 1. The van der Waals surface area contributed by atoms with Crippen molar-refractivity contribution in [3.63, 3.8) is 0 Å². The lowest BCUT2D eigenvalue weighted by molar-refractivity contribution is -0.133. The number of halogens is 1. The Kier molecular flexibility index (Phi) is 6.61. The Morgan fingerprint density at radius 1 is 1.41 bits per heavy atom. The van der Waals surface area contributed by atoms with Gasteiger partial charge in [0.2, 0.25) is 0 Å². The first-order valence-electron chi connectivity index (χ1n) is 6.84. The van der Waals surface area contributed by atoms with Gasteiger partial charge in [0.15, 0.2) is 6.61 Å². The number of nitrogens with zero attached hydrogens (tertiary/aromatic N) is 1. The number of likely N-dealkylation sites (N-methyl/N-ethyl adjacent to an activating group) is 1. The molecule has 1 rings (SSSR count). The topological polar surface area (TPSA) is 66.8 Å². The Bertz CT molecular complexity index is 598. The maximum Gasteiger partial charge on any atom is 0.342 e. The minimum atomic E-state index is -0.735. The molecule has 6 heteroatoms. The summed E-state index contributed by atoms with van der Waals surface area (Å²) in [6.45, 7) is 9.77. The van der Waals surface area contributed by atoms with E-state index in [9.17, 15) is 14.7 Å². The van der Waals surface area contributed by atoms with Gasteiger partial charge in [0.25, 0.3) is 5.91 Å². The van der Waals surface area contributed by atoms with Gasteiger partial charge in [-0.25, -0.2) is 4.79 Å². The molecule has 0 saturated carbocycles. The van der Waals surface area contributed by atoms with Gasteiger partial charge in [0.1, 0.15) is 11.3 Å². The van der Waals surface area contributed by atoms with Crippen molar-refractivity contribution >= 4 is 27.8 Å². The highest BCUT2D eigenvalue weighted by Crippen LogP contribution is 2.29. The zero-order valence-electron chi connectivity index (χ0n) is 13.0. The molecule has 0 fully saturated rings. The van der Waals surface area contributed by atoms with Gasteiger partial charge in [-0.3, -0.25) is 4.79 Å². The zero-order valence-corrected chi connectivity index (χ0v) is 14.6. The molecule has 5 nitrogen and oxygen atoms in total. The third kappa shape index (κ3) is 4.87. The maximum absolute atomic E-state index is 12.0. The van der Waals surface area contributed by atoms with Crippen LogP contribution in [0.4, 0.5) is 0 Å². The average molecular weight is 370 g/mol. The van der Waals surface area contributed by atoms with E-state index in [1.165, 1.54) is 6.07 Å². The van der Waals surface area contributed by atoms with Gasteiger partial charge in [0, 0.05) is 13.1 Å². The SMILES string of the molecule is C=C(C)CN(CC)C(=O)COC(=O)c1cc(C)cc(Br)c1O. The number of benzene rings is 1. The lowest BCUT2D eigenvalue weighted by Crippen LogP contribution is -2.35. The molecule has 0 spiro atoms. The number of hydrogen-bond donors (Lipinski definition) is 1. The van der Waals surface area contributed by atoms with Crippen molar-refractivity contribution in [2.45, 2.75) is 20.8 Å². The summed E-state index contributed by atoms with van der Waals surface area (Å²) < 4.78 is 5.41. The molecule has 0 unspecified atom stereocenters. The number of carbonyl (C=O) groups excluding carboxylic acids is 2. The summed E-state index contributed by atoms with van der Waals surface area (Å²) in [7, 11) is 0. The van der Waals surface area contributed by atoms with Crippen LogP contribution in [0.5, 0.6) is 5.75 Å². The minimum Gasteiger partial charge on any atom is -0.506 e. The van der Waals surface area contributed by atoms with Crippen LogP contribution in [0.25, 0.3) is 0 Å². The molecule has 0 atom stereocenters. The first-order valence-corrected chi connectivity index (χ1v) is 7.64. The van der Waals surface area contributed by atoms with Crippen LogP contribution >= 0.6 is 15.9 Å². The van der Waals surface area contributed by atoms with Gasteiger partial charge in [-0.15, -0.1) is 0 Å². The molecule has 0 aliphatic carbocycles. The van der Waals surface area contributed by atoms with Gasteiger partial charge in [0.05, 0.1) is 4.47 Å². The van der Waals surface area contributed by atoms with Crippen LogP contribution in [0.2, 0.25) is 0 Å². The second-order valence-electron chi connectivity index (χ2n) is 5.08. The van der Waals surface area contributed by atoms with E-state index in [1.807, 2.05) is 13.8 Å². The Balaban J connectivity index is 2.74. The van der Waals surface area contributed by atoms with Crippen LogP contribution in [0.3, 0.4) is 0 Å². The van der Waals surface area contributed by atoms with Crippen LogP contribution < -0.4 is 0 Å². The fourth-order valence-corrected chi connectivity index (χ4v) is 2.46. The second-order valence-corrected chi connectivity index (χ2v) is 5.94. The number of aryl methyl sites for hydroxylation is 1. The maximum atomic E-state index is 12.0. The molecule has 0 aliphatic rings. The summed E-state index contributed by atoms with van der Waals surface area (Å²) in [5.41, 5.74) is 1.67. The molecule has 0 aliphatic heterocycles. The van der Waals surface area contributed by atoms with Crippen molar-refractivity contribution < 1.29 is 19.4 Å². The van der Waals surface area contributed by atoms with E-state index >= 15 is 0 Å². The Morgan fingerprint density at radius 2 is 2.05 bits per heavy atom. The number of phenolic OH excluding ortho intramolecular Hbond substituents is 1. The van der Waals surface area contributed by atoms with E-state index in [0.717, 1.165) is 11.1 Å². The van der Waals surface area contributed by atoms with E-state index < -0.39 is 5.97 Å². The molecule has 120 valence electrons. The number of rotatable bonds is 6. The largest absolute Gasteiger partial charge is 0.506 e. The van der Waals surface area contributed by atoms with Crippen molar-refractivity contribution in [2.24, 2.45) is 0 Å². The van der Waals surface area contributed by atoms with E-state index in [0.29, 0.717) is 17.6 Å². The molecule has 0 radical (unpaired) electrons.